The van der Waals surface area contributed by atoms with Crippen molar-refractivity contribution >= 4 is 23.2 Å². The van der Waals surface area contributed by atoms with E-state index in [0.29, 0.717) is 28.0 Å². The average molecular weight is 315 g/mol. The Morgan fingerprint density at radius 3 is 2.60 bits per heavy atom. The van der Waals surface area contributed by atoms with Gasteiger partial charge < -0.3 is 9.47 Å². The van der Waals surface area contributed by atoms with Gasteiger partial charge in [0.15, 0.2) is 11.5 Å². The van der Waals surface area contributed by atoms with Crippen LogP contribution >= 0.6 is 23.2 Å². The van der Waals surface area contributed by atoms with Gasteiger partial charge in [-0.05, 0) is 35.4 Å². The Morgan fingerprint density at radius 1 is 1.15 bits per heavy atom. The molecule has 0 aliphatic carbocycles. The van der Waals surface area contributed by atoms with Crippen LogP contribution in [0.4, 0.5) is 4.39 Å². The lowest BCUT2D eigenvalue weighted by molar-refractivity contribution is 0.284. The first-order valence-electron chi connectivity index (χ1n) is 5.93. The van der Waals surface area contributed by atoms with Gasteiger partial charge >= 0.3 is 0 Å². The zero-order chi connectivity index (χ0) is 14.5. The van der Waals surface area contributed by atoms with Crippen LogP contribution in [-0.2, 0) is 12.5 Å². The Bertz CT molecular complexity index is 602. The van der Waals surface area contributed by atoms with E-state index in [2.05, 4.69) is 0 Å². The highest BCUT2D eigenvalue weighted by Gasteiger charge is 2.12. The number of hydrogen-bond acceptors (Lipinski definition) is 2. The molecule has 0 radical (unpaired) electrons. The maximum Gasteiger partial charge on any atom is 0.180 e. The molecule has 0 spiro atoms. The molecular weight excluding hydrogens is 302 g/mol. The van der Waals surface area contributed by atoms with E-state index in [1.165, 1.54) is 19.2 Å². The highest BCUT2D eigenvalue weighted by molar-refractivity contribution is 6.32. The third-order valence-electron chi connectivity index (χ3n) is 2.72. The predicted molar refractivity (Wildman–Crippen MR) is 78.3 cm³/mol. The first-order valence-corrected chi connectivity index (χ1v) is 6.85. The van der Waals surface area contributed by atoms with E-state index in [0.717, 1.165) is 5.56 Å². The first-order chi connectivity index (χ1) is 9.63. The van der Waals surface area contributed by atoms with Gasteiger partial charge in [0.1, 0.15) is 12.4 Å². The van der Waals surface area contributed by atoms with Crippen molar-refractivity contribution in [3.8, 4) is 11.5 Å². The van der Waals surface area contributed by atoms with E-state index in [4.69, 9.17) is 32.7 Å². The Labute approximate surface area is 127 Å². The van der Waals surface area contributed by atoms with Gasteiger partial charge in [-0.25, -0.2) is 4.39 Å². The molecule has 0 heterocycles. The summed E-state index contributed by atoms with van der Waals surface area (Å²) < 4.78 is 24.0. The van der Waals surface area contributed by atoms with E-state index < -0.39 is 0 Å². The minimum atomic E-state index is -0.304. The van der Waals surface area contributed by atoms with Gasteiger partial charge in [0, 0.05) is 5.88 Å². The number of rotatable bonds is 5. The molecule has 0 saturated heterocycles. The molecule has 0 bridgehead atoms. The minimum Gasteiger partial charge on any atom is -0.493 e. The maximum atomic E-state index is 13.1. The van der Waals surface area contributed by atoms with Crippen molar-refractivity contribution < 1.29 is 13.9 Å². The molecule has 0 aliphatic rings. The quantitative estimate of drug-likeness (QED) is 0.738. The van der Waals surface area contributed by atoms with E-state index in [-0.39, 0.29) is 12.4 Å². The topological polar surface area (TPSA) is 18.5 Å². The maximum absolute atomic E-state index is 13.1. The first kappa shape index (κ1) is 14.9. The van der Waals surface area contributed by atoms with Crippen molar-refractivity contribution in [1.82, 2.24) is 0 Å². The second-order valence-corrected chi connectivity index (χ2v) is 4.84. The predicted octanol–water partition coefficient (Wildman–Crippen LogP) is 4.81. The molecule has 0 N–H and O–H groups in total. The zero-order valence-electron chi connectivity index (χ0n) is 10.8. The molecule has 2 nitrogen and oxygen atoms in total. The van der Waals surface area contributed by atoms with Gasteiger partial charge in [-0.15, -0.1) is 11.6 Å². The van der Waals surface area contributed by atoms with Crippen LogP contribution in [0.15, 0.2) is 36.4 Å². The van der Waals surface area contributed by atoms with Crippen LogP contribution in [0.2, 0.25) is 5.02 Å². The highest BCUT2D eigenvalue weighted by Crippen LogP contribution is 2.37. The zero-order valence-corrected chi connectivity index (χ0v) is 12.3. The lowest BCUT2D eigenvalue weighted by Crippen LogP contribution is -1.99. The van der Waals surface area contributed by atoms with Crippen LogP contribution in [0.25, 0.3) is 0 Å². The van der Waals surface area contributed by atoms with Crippen molar-refractivity contribution in [2.24, 2.45) is 0 Å². The summed E-state index contributed by atoms with van der Waals surface area (Å²) in [7, 11) is 1.53. The lowest BCUT2D eigenvalue weighted by atomic mass is 10.2. The molecule has 0 fully saturated rings. The van der Waals surface area contributed by atoms with Crippen LogP contribution in [-0.4, -0.2) is 7.11 Å². The largest absolute Gasteiger partial charge is 0.493 e. The number of methoxy groups -OCH3 is 1. The van der Waals surface area contributed by atoms with Gasteiger partial charge in [0.2, 0.25) is 0 Å². The highest BCUT2D eigenvalue weighted by atomic mass is 35.5. The number of alkyl halides is 1. The monoisotopic (exact) mass is 314 g/mol. The fourth-order valence-electron chi connectivity index (χ4n) is 1.77. The fraction of sp³-hybridized carbons (Fsp3) is 0.200. The summed E-state index contributed by atoms with van der Waals surface area (Å²) in [4.78, 5) is 0. The van der Waals surface area contributed by atoms with Crippen LogP contribution in [0.5, 0.6) is 11.5 Å². The van der Waals surface area contributed by atoms with Gasteiger partial charge in [-0.2, -0.15) is 0 Å². The van der Waals surface area contributed by atoms with Crippen LogP contribution in [0.1, 0.15) is 11.1 Å². The second-order valence-electron chi connectivity index (χ2n) is 4.16. The Hall–Kier alpha value is -1.45. The van der Waals surface area contributed by atoms with Crippen molar-refractivity contribution in [2.45, 2.75) is 12.5 Å². The van der Waals surface area contributed by atoms with Gasteiger partial charge in [-0.1, -0.05) is 23.7 Å². The number of hydrogen-bond donors (Lipinski definition) is 0. The van der Waals surface area contributed by atoms with Gasteiger partial charge in [0.25, 0.3) is 0 Å². The van der Waals surface area contributed by atoms with Crippen molar-refractivity contribution in [3.05, 3.63) is 58.4 Å². The van der Waals surface area contributed by atoms with Gasteiger partial charge in [-0.3, -0.25) is 0 Å². The average Bonchev–Trinajstić information content (AvgIpc) is 2.45. The molecule has 2 aromatic carbocycles. The summed E-state index contributed by atoms with van der Waals surface area (Å²) in [5.74, 6) is 0.957. The van der Waals surface area contributed by atoms with Crippen molar-refractivity contribution in [1.29, 1.82) is 0 Å². The summed E-state index contributed by atoms with van der Waals surface area (Å²) in [6.07, 6.45) is 0. The van der Waals surface area contributed by atoms with E-state index in [9.17, 15) is 4.39 Å². The molecule has 0 aromatic heterocycles. The molecule has 0 atom stereocenters. The molecular formula is C15H13Cl2FO2. The molecule has 0 saturated carbocycles. The van der Waals surface area contributed by atoms with Crippen LogP contribution < -0.4 is 9.47 Å². The number of halogens is 3. The summed E-state index contributed by atoms with van der Waals surface area (Å²) >= 11 is 11.9. The summed E-state index contributed by atoms with van der Waals surface area (Å²) in [5.41, 5.74) is 1.55. The van der Waals surface area contributed by atoms with Gasteiger partial charge in [0.05, 0.1) is 12.1 Å². The smallest absolute Gasteiger partial charge is 0.180 e. The molecule has 20 heavy (non-hydrogen) atoms. The van der Waals surface area contributed by atoms with E-state index in [1.807, 2.05) is 0 Å². The normalized spacial score (nSPS) is 10.4. The van der Waals surface area contributed by atoms with E-state index in [1.54, 1.807) is 24.3 Å². The van der Waals surface area contributed by atoms with Crippen molar-refractivity contribution in [3.63, 3.8) is 0 Å². The second kappa shape index (κ2) is 6.82. The molecule has 2 aromatic rings. The Balaban J connectivity index is 2.20. The van der Waals surface area contributed by atoms with Crippen LogP contribution in [0, 0.1) is 5.82 Å². The summed E-state index contributed by atoms with van der Waals surface area (Å²) in [6.45, 7) is 0.202. The van der Waals surface area contributed by atoms with Crippen LogP contribution in [0.3, 0.4) is 0 Å². The molecule has 0 amide bonds. The SMILES string of the molecule is COc1cc(CCl)cc(Cl)c1OCc1cccc(F)c1. The fourth-order valence-corrected chi connectivity index (χ4v) is 2.21. The standard InChI is InChI=1S/C15H13Cl2FO2/c1-19-14-7-11(8-16)6-13(17)15(14)20-9-10-3-2-4-12(18)5-10/h2-7H,8-9H2,1H3. The molecule has 5 heteroatoms. The summed E-state index contributed by atoms with van der Waals surface area (Å²) in [6, 6.07) is 9.68. The molecule has 106 valence electrons. The Morgan fingerprint density at radius 2 is 1.95 bits per heavy atom. The molecule has 0 unspecified atom stereocenters. The number of benzene rings is 2. The molecule has 0 aliphatic heterocycles. The minimum absolute atomic E-state index is 0.202. The van der Waals surface area contributed by atoms with Crippen molar-refractivity contribution in [2.75, 3.05) is 7.11 Å². The lowest BCUT2D eigenvalue weighted by Gasteiger charge is -2.13. The molecule has 2 rings (SSSR count). The summed E-state index contributed by atoms with van der Waals surface area (Å²) in [5, 5.41) is 0.413. The Kier molecular flexibility index (Phi) is 5.10. The third-order valence-corrected chi connectivity index (χ3v) is 3.31. The van der Waals surface area contributed by atoms with E-state index >= 15 is 0 Å². The third kappa shape index (κ3) is 3.56. The number of ether oxygens (including phenoxy) is 2.